The van der Waals surface area contributed by atoms with Crippen molar-refractivity contribution in [2.75, 3.05) is 6.54 Å². The van der Waals surface area contributed by atoms with Gasteiger partial charge in [0.15, 0.2) is 5.82 Å². The lowest BCUT2D eigenvalue weighted by Gasteiger charge is -2.08. The fraction of sp³-hybridized carbons (Fsp3) is 0.158. The molecular weight excluding hydrogens is 314 g/mol. The second-order valence-electron chi connectivity index (χ2n) is 5.81. The van der Waals surface area contributed by atoms with E-state index in [1.807, 2.05) is 38.1 Å². The average molecular weight is 331 g/mol. The van der Waals surface area contributed by atoms with Crippen molar-refractivity contribution in [3.8, 4) is 11.5 Å². The highest BCUT2D eigenvalue weighted by Crippen LogP contribution is 2.27. The Balaban J connectivity index is 1.89. The van der Waals surface area contributed by atoms with Crippen LogP contribution in [0.25, 0.3) is 33.5 Å². The number of hydrogen-bond donors (Lipinski definition) is 2. The SMILES string of the molecule is CCNC(=O)c1ccnc(-c2nc3cnc4ccccc4c3[nH]2)c1C. The van der Waals surface area contributed by atoms with E-state index in [4.69, 9.17) is 0 Å². The van der Waals surface area contributed by atoms with Gasteiger partial charge in [-0.1, -0.05) is 18.2 Å². The maximum absolute atomic E-state index is 12.2. The van der Waals surface area contributed by atoms with Gasteiger partial charge in [0.05, 0.1) is 17.2 Å². The molecule has 0 spiro atoms. The van der Waals surface area contributed by atoms with Gasteiger partial charge in [0, 0.05) is 23.7 Å². The van der Waals surface area contributed by atoms with E-state index >= 15 is 0 Å². The molecular formula is C19H17N5O. The molecule has 25 heavy (non-hydrogen) atoms. The van der Waals surface area contributed by atoms with Gasteiger partial charge in [0.25, 0.3) is 5.91 Å². The third-order valence-electron chi connectivity index (χ3n) is 4.24. The number of para-hydroxylation sites is 1. The standard InChI is InChI=1S/C19H17N5O/c1-3-20-19(25)12-8-9-21-16(11(12)2)18-23-15-10-22-14-7-5-4-6-13(14)17(15)24-18/h4-10H,3H2,1-2H3,(H,20,25)(H,23,24). The number of nitrogens with one attached hydrogen (secondary N) is 2. The van der Waals surface area contributed by atoms with Crippen molar-refractivity contribution in [2.45, 2.75) is 13.8 Å². The van der Waals surface area contributed by atoms with Gasteiger partial charge in [-0.15, -0.1) is 0 Å². The molecule has 6 heteroatoms. The molecule has 6 nitrogen and oxygen atoms in total. The van der Waals surface area contributed by atoms with Gasteiger partial charge in [-0.05, 0) is 31.5 Å². The van der Waals surface area contributed by atoms with Crippen LogP contribution < -0.4 is 5.32 Å². The number of H-pyrrole nitrogens is 1. The van der Waals surface area contributed by atoms with Gasteiger partial charge in [0.2, 0.25) is 0 Å². The first-order chi connectivity index (χ1) is 12.2. The zero-order chi connectivity index (χ0) is 17.4. The third-order valence-corrected chi connectivity index (χ3v) is 4.24. The van der Waals surface area contributed by atoms with E-state index < -0.39 is 0 Å². The van der Waals surface area contributed by atoms with Crippen LogP contribution in [0.15, 0.2) is 42.7 Å². The first-order valence-corrected chi connectivity index (χ1v) is 8.16. The van der Waals surface area contributed by atoms with Crippen molar-refractivity contribution >= 4 is 27.8 Å². The molecule has 0 fully saturated rings. The van der Waals surface area contributed by atoms with Crippen LogP contribution in [0.1, 0.15) is 22.8 Å². The van der Waals surface area contributed by atoms with Crippen molar-refractivity contribution < 1.29 is 4.79 Å². The minimum atomic E-state index is -0.105. The molecule has 124 valence electrons. The third kappa shape index (κ3) is 2.52. The Morgan fingerprint density at radius 3 is 2.84 bits per heavy atom. The first-order valence-electron chi connectivity index (χ1n) is 8.16. The summed E-state index contributed by atoms with van der Waals surface area (Å²) in [6.45, 7) is 4.36. The van der Waals surface area contributed by atoms with Crippen LogP contribution in [0, 0.1) is 6.92 Å². The van der Waals surface area contributed by atoms with Crippen molar-refractivity contribution in [3.05, 3.63) is 53.9 Å². The minimum Gasteiger partial charge on any atom is -0.352 e. The van der Waals surface area contributed by atoms with Crippen LogP contribution in [0.4, 0.5) is 0 Å². The molecule has 0 radical (unpaired) electrons. The molecule has 0 aliphatic rings. The number of aromatic nitrogens is 4. The lowest BCUT2D eigenvalue weighted by Crippen LogP contribution is -2.23. The number of hydrogen-bond acceptors (Lipinski definition) is 4. The van der Waals surface area contributed by atoms with Crippen molar-refractivity contribution in [1.29, 1.82) is 0 Å². The van der Waals surface area contributed by atoms with E-state index in [-0.39, 0.29) is 5.91 Å². The molecule has 0 saturated heterocycles. The summed E-state index contributed by atoms with van der Waals surface area (Å²) in [5, 5.41) is 3.84. The largest absolute Gasteiger partial charge is 0.352 e. The molecule has 0 aliphatic carbocycles. The quantitative estimate of drug-likeness (QED) is 0.604. The molecule has 0 aliphatic heterocycles. The summed E-state index contributed by atoms with van der Waals surface area (Å²) in [5.74, 6) is 0.531. The number of fused-ring (bicyclic) bond motifs is 3. The van der Waals surface area contributed by atoms with Crippen LogP contribution in [-0.4, -0.2) is 32.4 Å². The lowest BCUT2D eigenvalue weighted by atomic mass is 10.1. The van der Waals surface area contributed by atoms with Crippen molar-refractivity contribution in [2.24, 2.45) is 0 Å². The molecule has 0 bridgehead atoms. The van der Waals surface area contributed by atoms with Gasteiger partial charge in [-0.3, -0.25) is 14.8 Å². The Morgan fingerprint density at radius 2 is 2.00 bits per heavy atom. The van der Waals surface area contributed by atoms with E-state index in [9.17, 15) is 4.79 Å². The summed E-state index contributed by atoms with van der Waals surface area (Å²) in [6, 6.07) is 9.64. The minimum absolute atomic E-state index is 0.105. The molecule has 2 N–H and O–H groups in total. The van der Waals surface area contributed by atoms with Crippen LogP contribution in [0.3, 0.4) is 0 Å². The monoisotopic (exact) mass is 331 g/mol. The number of amides is 1. The number of imidazole rings is 1. The Kier molecular flexibility index (Phi) is 3.65. The fourth-order valence-electron chi connectivity index (χ4n) is 3.00. The number of carbonyl (C=O) groups excluding carboxylic acids is 1. The molecule has 0 atom stereocenters. The topological polar surface area (TPSA) is 83.6 Å². The van der Waals surface area contributed by atoms with Gasteiger partial charge < -0.3 is 10.3 Å². The molecule has 0 saturated carbocycles. The summed E-state index contributed by atoms with van der Waals surface area (Å²) in [6.07, 6.45) is 3.39. The zero-order valence-electron chi connectivity index (χ0n) is 14.0. The van der Waals surface area contributed by atoms with Gasteiger partial charge in [0.1, 0.15) is 11.2 Å². The Morgan fingerprint density at radius 1 is 1.16 bits per heavy atom. The normalized spacial score (nSPS) is 11.1. The number of carbonyl (C=O) groups is 1. The highest BCUT2D eigenvalue weighted by atomic mass is 16.1. The molecule has 4 rings (SSSR count). The average Bonchev–Trinajstić information content (AvgIpc) is 3.06. The van der Waals surface area contributed by atoms with Gasteiger partial charge in [-0.25, -0.2) is 4.98 Å². The number of aromatic amines is 1. The lowest BCUT2D eigenvalue weighted by molar-refractivity contribution is 0.0955. The van der Waals surface area contributed by atoms with Crippen LogP contribution in [0.2, 0.25) is 0 Å². The molecule has 3 heterocycles. The predicted octanol–water partition coefficient (Wildman–Crippen LogP) is 3.23. The second-order valence-corrected chi connectivity index (χ2v) is 5.81. The summed E-state index contributed by atoms with van der Waals surface area (Å²) in [4.78, 5) is 29.1. The van der Waals surface area contributed by atoms with E-state index in [1.165, 1.54) is 0 Å². The Labute approximate surface area is 144 Å². The van der Waals surface area contributed by atoms with Crippen LogP contribution >= 0.6 is 0 Å². The number of nitrogens with zero attached hydrogens (tertiary/aromatic N) is 3. The van der Waals surface area contributed by atoms with E-state index in [0.717, 1.165) is 27.5 Å². The number of rotatable bonds is 3. The van der Waals surface area contributed by atoms with Crippen LogP contribution in [0.5, 0.6) is 0 Å². The molecule has 1 aromatic carbocycles. The zero-order valence-corrected chi connectivity index (χ0v) is 14.0. The van der Waals surface area contributed by atoms with E-state index in [0.29, 0.717) is 23.6 Å². The summed E-state index contributed by atoms with van der Waals surface area (Å²) >= 11 is 0. The van der Waals surface area contributed by atoms with Crippen molar-refractivity contribution in [3.63, 3.8) is 0 Å². The van der Waals surface area contributed by atoms with Crippen LogP contribution in [-0.2, 0) is 0 Å². The molecule has 0 unspecified atom stereocenters. The highest BCUT2D eigenvalue weighted by molar-refractivity contribution is 6.03. The first kappa shape index (κ1) is 15.3. The Hall–Kier alpha value is -3.28. The molecule has 3 aromatic heterocycles. The summed E-state index contributed by atoms with van der Waals surface area (Å²) in [5.41, 5.74) is 4.68. The molecule has 1 amide bonds. The van der Waals surface area contributed by atoms with E-state index in [2.05, 4.69) is 25.3 Å². The van der Waals surface area contributed by atoms with E-state index in [1.54, 1.807) is 18.5 Å². The maximum atomic E-state index is 12.2. The second kappa shape index (κ2) is 5.98. The summed E-state index contributed by atoms with van der Waals surface area (Å²) in [7, 11) is 0. The van der Waals surface area contributed by atoms with Gasteiger partial charge >= 0.3 is 0 Å². The van der Waals surface area contributed by atoms with Gasteiger partial charge in [-0.2, -0.15) is 0 Å². The highest BCUT2D eigenvalue weighted by Gasteiger charge is 2.16. The summed E-state index contributed by atoms with van der Waals surface area (Å²) < 4.78 is 0. The van der Waals surface area contributed by atoms with Crippen molar-refractivity contribution in [1.82, 2.24) is 25.3 Å². The maximum Gasteiger partial charge on any atom is 0.251 e. The number of pyridine rings is 2. The number of benzene rings is 1. The smallest absolute Gasteiger partial charge is 0.251 e. The molecule has 4 aromatic rings. The predicted molar refractivity (Wildman–Crippen MR) is 97.4 cm³/mol. The fourth-order valence-corrected chi connectivity index (χ4v) is 3.00. The Bertz CT molecular complexity index is 1100.